The van der Waals surface area contributed by atoms with Gasteiger partial charge in [-0.05, 0) is 48.2 Å². The van der Waals surface area contributed by atoms with E-state index < -0.39 is 0 Å². The summed E-state index contributed by atoms with van der Waals surface area (Å²) in [5.74, 6) is 0. The van der Waals surface area contributed by atoms with Crippen molar-refractivity contribution in [2.24, 2.45) is 0 Å². The van der Waals surface area contributed by atoms with E-state index in [0.29, 0.717) is 0 Å². The van der Waals surface area contributed by atoms with Crippen molar-refractivity contribution in [1.82, 2.24) is 9.88 Å². The standard InChI is InChI=1S/C14H16N2/c1-16-8-5-11(6-9-16)12-2-3-14-13(10-12)4-7-15-14/h2-5,7,10,15H,6,8-9H2,1H3. The number of benzene rings is 1. The zero-order valence-corrected chi connectivity index (χ0v) is 9.53. The maximum atomic E-state index is 3.23. The molecule has 0 saturated heterocycles. The molecule has 2 aromatic rings. The van der Waals surface area contributed by atoms with E-state index in [9.17, 15) is 0 Å². The molecule has 1 aromatic heterocycles. The van der Waals surface area contributed by atoms with Crippen molar-refractivity contribution in [3.63, 3.8) is 0 Å². The molecule has 0 fully saturated rings. The van der Waals surface area contributed by atoms with Crippen LogP contribution in [0, 0.1) is 0 Å². The fourth-order valence-corrected chi connectivity index (χ4v) is 2.29. The van der Waals surface area contributed by atoms with Gasteiger partial charge in [-0.15, -0.1) is 0 Å². The predicted octanol–water partition coefficient (Wildman–Crippen LogP) is 2.89. The number of likely N-dealkylation sites (N-methyl/N-ethyl adjacent to an activating group) is 1. The molecule has 0 atom stereocenters. The Morgan fingerprint density at radius 1 is 1.25 bits per heavy atom. The van der Waals surface area contributed by atoms with Gasteiger partial charge in [-0.2, -0.15) is 0 Å². The Labute approximate surface area is 95.6 Å². The molecule has 1 aromatic carbocycles. The lowest BCUT2D eigenvalue weighted by Gasteiger charge is -2.22. The van der Waals surface area contributed by atoms with E-state index >= 15 is 0 Å². The predicted molar refractivity (Wildman–Crippen MR) is 68.4 cm³/mol. The molecule has 1 N–H and O–H groups in total. The molecule has 0 aliphatic carbocycles. The maximum absolute atomic E-state index is 3.23. The summed E-state index contributed by atoms with van der Waals surface area (Å²) in [6.07, 6.45) is 5.50. The van der Waals surface area contributed by atoms with E-state index in [2.05, 4.69) is 47.3 Å². The van der Waals surface area contributed by atoms with Gasteiger partial charge in [-0.1, -0.05) is 12.1 Å². The Morgan fingerprint density at radius 2 is 2.19 bits per heavy atom. The topological polar surface area (TPSA) is 19.0 Å². The van der Waals surface area contributed by atoms with Crippen LogP contribution in [0.15, 0.2) is 36.5 Å². The van der Waals surface area contributed by atoms with Crippen molar-refractivity contribution in [2.75, 3.05) is 20.1 Å². The largest absolute Gasteiger partial charge is 0.361 e. The first-order valence-electron chi connectivity index (χ1n) is 5.78. The summed E-state index contributed by atoms with van der Waals surface area (Å²) in [4.78, 5) is 5.57. The van der Waals surface area contributed by atoms with Crippen molar-refractivity contribution in [3.8, 4) is 0 Å². The first-order chi connectivity index (χ1) is 7.83. The molecule has 0 amide bonds. The number of rotatable bonds is 1. The molecule has 0 spiro atoms. The first kappa shape index (κ1) is 9.67. The summed E-state index contributed by atoms with van der Waals surface area (Å²) in [6.45, 7) is 2.23. The monoisotopic (exact) mass is 212 g/mol. The molecule has 82 valence electrons. The number of nitrogens with one attached hydrogen (secondary N) is 1. The van der Waals surface area contributed by atoms with Gasteiger partial charge in [0.15, 0.2) is 0 Å². The summed E-state index contributed by atoms with van der Waals surface area (Å²) in [5.41, 5.74) is 4.08. The van der Waals surface area contributed by atoms with E-state index in [1.807, 2.05) is 6.20 Å². The highest BCUT2D eigenvalue weighted by molar-refractivity contribution is 5.84. The van der Waals surface area contributed by atoms with Crippen LogP contribution in [0.5, 0.6) is 0 Å². The van der Waals surface area contributed by atoms with Crippen molar-refractivity contribution < 1.29 is 0 Å². The molecule has 1 aliphatic rings. The Hall–Kier alpha value is -1.54. The molecule has 2 nitrogen and oxygen atoms in total. The van der Waals surface area contributed by atoms with Gasteiger partial charge >= 0.3 is 0 Å². The Kier molecular flexibility index (Phi) is 2.29. The average molecular weight is 212 g/mol. The van der Waals surface area contributed by atoms with Crippen LogP contribution in [0.25, 0.3) is 16.5 Å². The van der Waals surface area contributed by atoms with Crippen LogP contribution in [0.4, 0.5) is 0 Å². The Balaban J connectivity index is 1.99. The summed E-state index contributed by atoms with van der Waals surface area (Å²) in [7, 11) is 2.17. The van der Waals surface area contributed by atoms with Crippen molar-refractivity contribution in [1.29, 1.82) is 0 Å². The van der Waals surface area contributed by atoms with E-state index in [1.54, 1.807) is 0 Å². The third kappa shape index (κ3) is 1.65. The molecule has 16 heavy (non-hydrogen) atoms. The number of aromatic amines is 1. The van der Waals surface area contributed by atoms with Crippen LogP contribution in [0.1, 0.15) is 12.0 Å². The number of H-pyrrole nitrogens is 1. The third-order valence-electron chi connectivity index (χ3n) is 3.34. The molecule has 0 saturated carbocycles. The molecular weight excluding hydrogens is 196 g/mol. The van der Waals surface area contributed by atoms with Gasteiger partial charge in [0.05, 0.1) is 0 Å². The van der Waals surface area contributed by atoms with Gasteiger partial charge in [-0.25, -0.2) is 0 Å². The fraction of sp³-hybridized carbons (Fsp3) is 0.286. The number of aromatic nitrogens is 1. The van der Waals surface area contributed by atoms with E-state index in [4.69, 9.17) is 0 Å². The lowest BCUT2D eigenvalue weighted by atomic mass is 9.98. The van der Waals surface area contributed by atoms with Crippen molar-refractivity contribution in [3.05, 3.63) is 42.1 Å². The Morgan fingerprint density at radius 3 is 3.00 bits per heavy atom. The molecule has 3 rings (SSSR count). The Bertz CT molecular complexity index is 536. The van der Waals surface area contributed by atoms with E-state index in [0.717, 1.165) is 19.5 Å². The fourth-order valence-electron chi connectivity index (χ4n) is 2.29. The van der Waals surface area contributed by atoms with Gasteiger partial charge in [-0.3, -0.25) is 0 Å². The number of hydrogen-bond acceptors (Lipinski definition) is 1. The SMILES string of the molecule is CN1CC=C(c2ccc3[nH]ccc3c2)CC1. The van der Waals surface area contributed by atoms with Crippen molar-refractivity contribution >= 4 is 16.5 Å². The van der Waals surface area contributed by atoms with Crippen LogP contribution in [-0.2, 0) is 0 Å². The quantitative estimate of drug-likeness (QED) is 0.770. The molecule has 0 radical (unpaired) electrons. The molecule has 0 unspecified atom stereocenters. The minimum absolute atomic E-state index is 1.07. The second-order valence-electron chi connectivity index (χ2n) is 4.52. The summed E-state index contributed by atoms with van der Waals surface area (Å²) in [5, 5.41) is 1.30. The van der Waals surface area contributed by atoms with E-state index in [1.165, 1.54) is 22.0 Å². The van der Waals surface area contributed by atoms with Crippen molar-refractivity contribution in [2.45, 2.75) is 6.42 Å². The highest BCUT2D eigenvalue weighted by Crippen LogP contribution is 2.24. The zero-order valence-electron chi connectivity index (χ0n) is 9.53. The smallest absolute Gasteiger partial charge is 0.0454 e. The molecular formula is C14H16N2. The molecule has 2 heteroatoms. The third-order valence-corrected chi connectivity index (χ3v) is 3.34. The van der Waals surface area contributed by atoms with Crippen LogP contribution in [0.3, 0.4) is 0 Å². The number of nitrogens with zero attached hydrogens (tertiary/aromatic N) is 1. The second kappa shape index (κ2) is 3.80. The summed E-state index contributed by atoms with van der Waals surface area (Å²) < 4.78 is 0. The van der Waals surface area contributed by atoms with Gasteiger partial charge in [0.1, 0.15) is 0 Å². The van der Waals surface area contributed by atoms with Crippen LogP contribution >= 0.6 is 0 Å². The first-order valence-corrected chi connectivity index (χ1v) is 5.78. The highest BCUT2D eigenvalue weighted by atomic mass is 15.1. The second-order valence-corrected chi connectivity index (χ2v) is 4.52. The highest BCUT2D eigenvalue weighted by Gasteiger charge is 2.09. The average Bonchev–Trinajstić information content (AvgIpc) is 2.77. The van der Waals surface area contributed by atoms with Crippen LogP contribution < -0.4 is 0 Å². The van der Waals surface area contributed by atoms with Gasteiger partial charge < -0.3 is 9.88 Å². The lowest BCUT2D eigenvalue weighted by molar-refractivity contribution is 0.370. The summed E-state index contributed by atoms with van der Waals surface area (Å²) in [6, 6.07) is 8.80. The van der Waals surface area contributed by atoms with Gasteiger partial charge in [0.2, 0.25) is 0 Å². The molecule has 0 bridgehead atoms. The van der Waals surface area contributed by atoms with Gasteiger partial charge in [0.25, 0.3) is 0 Å². The maximum Gasteiger partial charge on any atom is 0.0454 e. The van der Waals surface area contributed by atoms with Crippen LogP contribution in [0.2, 0.25) is 0 Å². The number of hydrogen-bond donors (Lipinski definition) is 1. The molecule has 1 aliphatic heterocycles. The molecule has 2 heterocycles. The minimum Gasteiger partial charge on any atom is -0.361 e. The van der Waals surface area contributed by atoms with Gasteiger partial charge in [0, 0.05) is 24.8 Å². The van der Waals surface area contributed by atoms with E-state index in [-0.39, 0.29) is 0 Å². The summed E-state index contributed by atoms with van der Waals surface area (Å²) >= 11 is 0. The van der Waals surface area contributed by atoms with Crippen LogP contribution in [-0.4, -0.2) is 30.0 Å². The number of fused-ring (bicyclic) bond motifs is 1. The lowest BCUT2D eigenvalue weighted by Crippen LogP contribution is -2.23. The normalized spacial score (nSPS) is 17.7. The zero-order chi connectivity index (χ0) is 11.0. The minimum atomic E-state index is 1.07.